The molecule has 0 aliphatic carbocycles. The molecule has 0 aromatic heterocycles. The minimum Gasteiger partial charge on any atom is -0.493 e. The predicted octanol–water partition coefficient (Wildman–Crippen LogP) is 3.36. The normalized spacial score (nSPS) is 18.7. The molecule has 1 aliphatic heterocycles. The van der Waals surface area contributed by atoms with Gasteiger partial charge in [0, 0.05) is 25.1 Å². The van der Waals surface area contributed by atoms with Crippen molar-refractivity contribution in [1.29, 1.82) is 0 Å². The molecule has 22 heavy (non-hydrogen) atoms. The first-order valence-corrected chi connectivity index (χ1v) is 8.62. The van der Waals surface area contributed by atoms with Crippen molar-refractivity contribution in [2.24, 2.45) is 11.3 Å². The van der Waals surface area contributed by atoms with Crippen LogP contribution in [0.25, 0.3) is 0 Å². The molecule has 1 aromatic carbocycles. The molecule has 0 saturated heterocycles. The molecule has 1 aromatic rings. The summed E-state index contributed by atoms with van der Waals surface area (Å²) >= 11 is 0. The molecular weight excluding hydrogens is 274 g/mol. The molecule has 3 heteroatoms. The molecule has 0 spiro atoms. The number of ether oxygens (including phenoxy) is 1. The van der Waals surface area contributed by atoms with E-state index in [0.29, 0.717) is 5.92 Å². The van der Waals surface area contributed by atoms with Crippen molar-refractivity contribution >= 4 is 0 Å². The molecule has 0 radical (unpaired) electrons. The minimum atomic E-state index is 0.0495. The number of fused-ring (bicyclic) bond motifs is 1. The molecule has 0 bridgehead atoms. The highest BCUT2D eigenvalue weighted by molar-refractivity contribution is 5.34. The summed E-state index contributed by atoms with van der Waals surface area (Å²) in [7, 11) is 2.19. The van der Waals surface area contributed by atoms with E-state index in [1.807, 2.05) is 6.07 Å². The number of hydrogen-bond acceptors (Lipinski definition) is 3. The maximum absolute atomic E-state index is 9.76. The Kier molecular flexibility index (Phi) is 6.27. The lowest BCUT2D eigenvalue weighted by Crippen LogP contribution is -2.40. The summed E-state index contributed by atoms with van der Waals surface area (Å²) < 4.78 is 5.87. The van der Waals surface area contributed by atoms with Crippen molar-refractivity contribution in [2.75, 3.05) is 33.4 Å². The zero-order valence-corrected chi connectivity index (χ0v) is 14.3. The van der Waals surface area contributed by atoms with Crippen molar-refractivity contribution in [3.8, 4) is 5.75 Å². The first-order chi connectivity index (χ1) is 10.6. The largest absolute Gasteiger partial charge is 0.493 e. The van der Waals surface area contributed by atoms with Crippen LogP contribution in [0.15, 0.2) is 24.3 Å². The Labute approximate surface area is 135 Å². The van der Waals surface area contributed by atoms with Crippen LogP contribution in [-0.2, 0) is 6.42 Å². The van der Waals surface area contributed by atoms with E-state index in [4.69, 9.17) is 4.74 Å². The maximum atomic E-state index is 9.76. The fourth-order valence-corrected chi connectivity index (χ4v) is 3.54. The Morgan fingerprint density at radius 2 is 2.00 bits per heavy atom. The molecule has 124 valence electrons. The molecule has 1 atom stereocenters. The highest BCUT2D eigenvalue weighted by atomic mass is 16.5. The number of para-hydroxylation sites is 1. The minimum absolute atomic E-state index is 0.0495. The van der Waals surface area contributed by atoms with Crippen molar-refractivity contribution in [3.05, 3.63) is 29.8 Å². The van der Waals surface area contributed by atoms with Crippen LogP contribution >= 0.6 is 0 Å². The summed E-state index contributed by atoms with van der Waals surface area (Å²) in [5.74, 6) is 1.68. The van der Waals surface area contributed by atoms with E-state index in [1.54, 1.807) is 0 Å². The second-order valence-corrected chi connectivity index (χ2v) is 6.88. The molecular formula is C19H31NO2. The first-order valence-electron chi connectivity index (χ1n) is 8.62. The van der Waals surface area contributed by atoms with Gasteiger partial charge in [-0.2, -0.15) is 0 Å². The molecule has 0 saturated carbocycles. The molecule has 2 rings (SSSR count). The van der Waals surface area contributed by atoms with Crippen LogP contribution in [-0.4, -0.2) is 43.4 Å². The van der Waals surface area contributed by atoms with Crippen molar-refractivity contribution < 1.29 is 9.84 Å². The van der Waals surface area contributed by atoms with Gasteiger partial charge in [0.25, 0.3) is 0 Å². The molecule has 3 nitrogen and oxygen atoms in total. The number of aliphatic hydroxyl groups is 1. The van der Waals surface area contributed by atoms with Crippen LogP contribution in [0.2, 0.25) is 0 Å². The predicted molar refractivity (Wildman–Crippen MR) is 91.3 cm³/mol. The van der Waals surface area contributed by atoms with Crippen molar-refractivity contribution in [1.82, 2.24) is 4.90 Å². The Morgan fingerprint density at radius 1 is 1.27 bits per heavy atom. The van der Waals surface area contributed by atoms with Crippen LogP contribution in [0.5, 0.6) is 5.75 Å². The Hall–Kier alpha value is -1.06. The van der Waals surface area contributed by atoms with Gasteiger partial charge in [0.2, 0.25) is 0 Å². The van der Waals surface area contributed by atoms with E-state index >= 15 is 0 Å². The van der Waals surface area contributed by atoms with Gasteiger partial charge in [0.05, 0.1) is 6.61 Å². The molecule has 0 amide bonds. The Bertz CT molecular complexity index is 448. The van der Waals surface area contributed by atoms with Crippen LogP contribution in [0, 0.1) is 11.3 Å². The van der Waals surface area contributed by atoms with E-state index in [0.717, 1.165) is 51.1 Å². The molecule has 1 aliphatic rings. The van der Waals surface area contributed by atoms with Crippen LogP contribution < -0.4 is 4.74 Å². The second kappa shape index (κ2) is 7.98. The fraction of sp³-hybridized carbons (Fsp3) is 0.684. The highest BCUT2D eigenvalue weighted by Crippen LogP contribution is 2.29. The third kappa shape index (κ3) is 4.23. The van der Waals surface area contributed by atoms with Crippen LogP contribution in [0.3, 0.4) is 0 Å². The summed E-state index contributed by atoms with van der Waals surface area (Å²) in [6.07, 6.45) is 4.25. The molecule has 1 N–H and O–H groups in total. The van der Waals surface area contributed by atoms with E-state index in [9.17, 15) is 5.11 Å². The summed E-state index contributed by atoms with van der Waals surface area (Å²) in [5.41, 5.74) is 1.38. The second-order valence-electron chi connectivity index (χ2n) is 6.88. The van der Waals surface area contributed by atoms with Gasteiger partial charge in [-0.05, 0) is 50.3 Å². The highest BCUT2D eigenvalue weighted by Gasteiger charge is 2.28. The number of aliphatic hydroxyl groups excluding tert-OH is 1. The van der Waals surface area contributed by atoms with Gasteiger partial charge in [-0.1, -0.05) is 32.0 Å². The van der Waals surface area contributed by atoms with Gasteiger partial charge in [-0.15, -0.1) is 0 Å². The summed E-state index contributed by atoms with van der Waals surface area (Å²) in [6.45, 7) is 7.49. The van der Waals surface area contributed by atoms with Crippen molar-refractivity contribution in [2.45, 2.75) is 39.5 Å². The summed E-state index contributed by atoms with van der Waals surface area (Å²) in [4.78, 5) is 2.40. The van der Waals surface area contributed by atoms with Gasteiger partial charge in [0.15, 0.2) is 0 Å². The first kappa shape index (κ1) is 17.3. The van der Waals surface area contributed by atoms with E-state index in [2.05, 4.69) is 44.0 Å². The third-order valence-electron chi connectivity index (χ3n) is 5.28. The number of hydrogen-bond donors (Lipinski definition) is 1. The average molecular weight is 305 g/mol. The molecule has 0 unspecified atom stereocenters. The number of nitrogens with zero attached hydrogens (tertiary/aromatic N) is 1. The van der Waals surface area contributed by atoms with Gasteiger partial charge >= 0.3 is 0 Å². The molecule has 1 heterocycles. The van der Waals surface area contributed by atoms with Crippen LogP contribution in [0.1, 0.15) is 38.7 Å². The lowest BCUT2D eigenvalue weighted by molar-refractivity contribution is 0.0688. The van der Waals surface area contributed by atoms with Crippen molar-refractivity contribution in [3.63, 3.8) is 0 Å². The summed E-state index contributed by atoms with van der Waals surface area (Å²) in [6, 6.07) is 8.40. The van der Waals surface area contributed by atoms with Crippen LogP contribution in [0.4, 0.5) is 0 Å². The topological polar surface area (TPSA) is 32.7 Å². The summed E-state index contributed by atoms with van der Waals surface area (Å²) in [5, 5.41) is 9.76. The van der Waals surface area contributed by atoms with E-state index in [1.165, 1.54) is 5.56 Å². The Morgan fingerprint density at radius 3 is 2.68 bits per heavy atom. The number of rotatable bonds is 7. The van der Waals surface area contributed by atoms with E-state index < -0.39 is 0 Å². The zero-order valence-electron chi connectivity index (χ0n) is 14.3. The van der Waals surface area contributed by atoms with Gasteiger partial charge in [-0.25, -0.2) is 0 Å². The number of benzene rings is 1. The zero-order chi connectivity index (χ0) is 16.0. The standard InChI is InChI=1S/C19H31NO2/c1-4-19(5-2,15-21)14-20(3)13-16-10-11-22-18-9-7-6-8-17(18)12-16/h6-9,16,21H,4-5,10-15H2,1-3H3/t16-/m0/s1. The lowest BCUT2D eigenvalue weighted by Gasteiger charge is -2.35. The fourth-order valence-electron chi connectivity index (χ4n) is 3.54. The maximum Gasteiger partial charge on any atom is 0.122 e. The lowest BCUT2D eigenvalue weighted by atomic mass is 9.82. The molecule has 0 fully saturated rings. The third-order valence-corrected chi connectivity index (χ3v) is 5.28. The van der Waals surface area contributed by atoms with Gasteiger partial charge in [-0.3, -0.25) is 0 Å². The van der Waals surface area contributed by atoms with Gasteiger partial charge in [0.1, 0.15) is 5.75 Å². The monoisotopic (exact) mass is 305 g/mol. The smallest absolute Gasteiger partial charge is 0.122 e. The van der Waals surface area contributed by atoms with E-state index in [-0.39, 0.29) is 12.0 Å². The Balaban J connectivity index is 1.96. The van der Waals surface area contributed by atoms with Gasteiger partial charge < -0.3 is 14.7 Å². The average Bonchev–Trinajstić information content (AvgIpc) is 2.74. The quantitative estimate of drug-likeness (QED) is 0.838. The SMILES string of the molecule is CCC(CC)(CO)CN(C)C[C@H]1CCOc2ccccc2C1.